The minimum atomic E-state index is -0.147. The summed E-state index contributed by atoms with van der Waals surface area (Å²) in [6, 6.07) is 9.96. The summed E-state index contributed by atoms with van der Waals surface area (Å²) in [6.07, 6.45) is 5.64. The van der Waals surface area contributed by atoms with Crippen molar-refractivity contribution in [1.82, 2.24) is 9.80 Å². The van der Waals surface area contributed by atoms with Gasteiger partial charge in [-0.3, -0.25) is 9.59 Å². The topological polar surface area (TPSA) is 59.1 Å². The number of aryl methyl sites for hydroxylation is 1. The van der Waals surface area contributed by atoms with Gasteiger partial charge in [0, 0.05) is 37.6 Å². The monoisotopic (exact) mass is 484 g/mol. The molecule has 2 amide bonds. The number of hydrogen-bond donors (Lipinski definition) is 0. The van der Waals surface area contributed by atoms with Crippen LogP contribution in [0.3, 0.4) is 0 Å². The van der Waals surface area contributed by atoms with Crippen molar-refractivity contribution in [3.05, 3.63) is 51.7 Å². The summed E-state index contributed by atoms with van der Waals surface area (Å²) in [5.41, 5.74) is 2.35. The second-order valence-electron chi connectivity index (χ2n) is 9.36. The molecule has 0 N–H and O–H groups in total. The van der Waals surface area contributed by atoms with E-state index in [1.165, 1.54) is 16.0 Å². The van der Waals surface area contributed by atoms with Crippen molar-refractivity contribution >= 4 is 23.2 Å². The maximum absolute atomic E-state index is 13.6. The molecule has 1 saturated carbocycles. The van der Waals surface area contributed by atoms with E-state index in [4.69, 9.17) is 9.47 Å². The number of carbonyl (C=O) groups is 2. The number of amides is 2. The zero-order valence-corrected chi connectivity index (χ0v) is 21.1. The average molecular weight is 485 g/mol. The van der Waals surface area contributed by atoms with Gasteiger partial charge in [0.05, 0.1) is 12.6 Å². The SMILES string of the molecule is COCCCN(CC(=O)N1CCc2sccc2C1COc1ccc(C)cc1)C(=O)C1CCCC1. The fourth-order valence-electron chi connectivity index (χ4n) is 5.04. The number of thiophene rings is 1. The van der Waals surface area contributed by atoms with E-state index in [1.807, 2.05) is 36.1 Å². The lowest BCUT2D eigenvalue weighted by Crippen LogP contribution is -2.49. The van der Waals surface area contributed by atoms with Gasteiger partial charge in [-0.1, -0.05) is 30.5 Å². The molecule has 2 aromatic rings. The Morgan fingerprint density at radius 1 is 1.15 bits per heavy atom. The van der Waals surface area contributed by atoms with Crippen LogP contribution in [0.5, 0.6) is 5.75 Å². The maximum Gasteiger partial charge on any atom is 0.242 e. The van der Waals surface area contributed by atoms with E-state index in [-0.39, 0.29) is 30.3 Å². The van der Waals surface area contributed by atoms with Gasteiger partial charge in [-0.2, -0.15) is 0 Å². The van der Waals surface area contributed by atoms with E-state index in [9.17, 15) is 9.59 Å². The van der Waals surface area contributed by atoms with Crippen LogP contribution in [0.25, 0.3) is 0 Å². The summed E-state index contributed by atoms with van der Waals surface area (Å²) >= 11 is 1.74. The van der Waals surface area contributed by atoms with Crippen LogP contribution in [0, 0.1) is 12.8 Å². The molecule has 34 heavy (non-hydrogen) atoms. The predicted molar refractivity (Wildman–Crippen MR) is 134 cm³/mol. The van der Waals surface area contributed by atoms with Crippen molar-refractivity contribution in [3.63, 3.8) is 0 Å². The Hall–Kier alpha value is -2.38. The number of rotatable bonds is 10. The van der Waals surface area contributed by atoms with Gasteiger partial charge in [-0.05, 0) is 61.7 Å². The van der Waals surface area contributed by atoms with Gasteiger partial charge in [0.1, 0.15) is 12.4 Å². The normalized spacial score (nSPS) is 18.1. The smallest absolute Gasteiger partial charge is 0.242 e. The van der Waals surface area contributed by atoms with Crippen molar-refractivity contribution in [2.75, 3.05) is 40.0 Å². The summed E-state index contributed by atoms with van der Waals surface area (Å²) < 4.78 is 11.3. The first-order valence-corrected chi connectivity index (χ1v) is 13.3. The van der Waals surface area contributed by atoms with Gasteiger partial charge in [0.25, 0.3) is 0 Å². The molecule has 1 aliphatic heterocycles. The van der Waals surface area contributed by atoms with E-state index >= 15 is 0 Å². The minimum absolute atomic E-state index is 0.00174. The summed E-state index contributed by atoms with van der Waals surface area (Å²) in [5, 5.41) is 2.10. The molecule has 1 aliphatic carbocycles. The first kappa shape index (κ1) is 24.7. The predicted octanol–water partition coefficient (Wildman–Crippen LogP) is 4.62. The lowest BCUT2D eigenvalue weighted by molar-refractivity contribution is -0.144. The molecule has 1 aromatic carbocycles. The summed E-state index contributed by atoms with van der Waals surface area (Å²) in [6.45, 7) is 4.36. The number of benzene rings is 1. The van der Waals surface area contributed by atoms with Crippen LogP contribution in [0.4, 0.5) is 0 Å². The van der Waals surface area contributed by atoms with Crippen molar-refractivity contribution in [3.8, 4) is 5.75 Å². The fraction of sp³-hybridized carbons (Fsp3) is 0.556. The highest BCUT2D eigenvalue weighted by atomic mass is 32.1. The van der Waals surface area contributed by atoms with Crippen LogP contribution in [-0.2, 0) is 20.7 Å². The number of fused-ring (bicyclic) bond motifs is 1. The van der Waals surface area contributed by atoms with Gasteiger partial charge in [0.2, 0.25) is 11.8 Å². The van der Waals surface area contributed by atoms with E-state index in [0.29, 0.717) is 26.3 Å². The third-order valence-corrected chi connectivity index (χ3v) is 7.96. The third-order valence-electron chi connectivity index (χ3n) is 6.96. The molecule has 0 spiro atoms. The number of hydrogen-bond acceptors (Lipinski definition) is 5. The Balaban J connectivity index is 1.47. The lowest BCUT2D eigenvalue weighted by Gasteiger charge is -2.37. The molecule has 4 rings (SSSR count). The quantitative estimate of drug-likeness (QED) is 0.462. The largest absolute Gasteiger partial charge is 0.491 e. The van der Waals surface area contributed by atoms with Crippen LogP contribution < -0.4 is 4.74 Å². The molecule has 0 radical (unpaired) electrons. The number of ether oxygens (including phenoxy) is 2. The van der Waals surface area contributed by atoms with Crippen LogP contribution in [-0.4, -0.2) is 61.6 Å². The highest BCUT2D eigenvalue weighted by Gasteiger charge is 2.35. The molecule has 6 nitrogen and oxygen atoms in total. The number of methoxy groups -OCH3 is 1. The summed E-state index contributed by atoms with van der Waals surface area (Å²) in [7, 11) is 1.67. The molecule has 2 aliphatic rings. The van der Waals surface area contributed by atoms with E-state index in [1.54, 1.807) is 23.3 Å². The van der Waals surface area contributed by atoms with Gasteiger partial charge < -0.3 is 19.3 Å². The lowest BCUT2D eigenvalue weighted by atomic mass is 10.00. The molecule has 1 fully saturated rings. The van der Waals surface area contributed by atoms with Crippen molar-refractivity contribution in [2.24, 2.45) is 5.92 Å². The van der Waals surface area contributed by atoms with E-state index in [0.717, 1.165) is 44.3 Å². The zero-order chi connectivity index (χ0) is 23.9. The Bertz CT molecular complexity index is 952. The molecule has 0 saturated heterocycles. The molecule has 1 atom stereocenters. The number of carbonyl (C=O) groups excluding carboxylic acids is 2. The first-order chi connectivity index (χ1) is 16.6. The van der Waals surface area contributed by atoms with Crippen molar-refractivity contribution in [2.45, 2.75) is 51.5 Å². The van der Waals surface area contributed by atoms with E-state index < -0.39 is 0 Å². The van der Waals surface area contributed by atoms with Gasteiger partial charge >= 0.3 is 0 Å². The highest BCUT2D eigenvalue weighted by Crippen LogP contribution is 2.34. The third kappa shape index (κ3) is 5.99. The first-order valence-electron chi connectivity index (χ1n) is 12.4. The highest BCUT2D eigenvalue weighted by molar-refractivity contribution is 7.10. The van der Waals surface area contributed by atoms with Crippen LogP contribution in [0.15, 0.2) is 35.7 Å². The van der Waals surface area contributed by atoms with Gasteiger partial charge in [-0.25, -0.2) is 0 Å². The Labute approximate surface area is 206 Å². The van der Waals surface area contributed by atoms with Crippen LogP contribution >= 0.6 is 11.3 Å². The van der Waals surface area contributed by atoms with Crippen LogP contribution in [0.2, 0.25) is 0 Å². The molecule has 2 heterocycles. The number of nitrogens with zero attached hydrogens (tertiary/aromatic N) is 2. The molecule has 7 heteroatoms. The molecule has 184 valence electrons. The molecular weight excluding hydrogens is 448 g/mol. The van der Waals surface area contributed by atoms with Crippen molar-refractivity contribution in [1.29, 1.82) is 0 Å². The molecule has 1 aromatic heterocycles. The minimum Gasteiger partial charge on any atom is -0.491 e. The standard InChI is InChI=1S/C27H36N2O4S/c1-20-8-10-22(11-9-20)33-19-24-23-13-17-34-25(23)12-15-29(24)26(30)18-28(14-5-16-32-2)27(31)21-6-3-4-7-21/h8-11,13,17,21,24H,3-7,12,14-16,18-19H2,1-2H3. The Morgan fingerprint density at radius 2 is 1.91 bits per heavy atom. The van der Waals surface area contributed by atoms with Gasteiger partial charge in [-0.15, -0.1) is 11.3 Å². The van der Waals surface area contributed by atoms with Crippen LogP contribution in [0.1, 0.15) is 54.1 Å². The fourth-order valence-corrected chi connectivity index (χ4v) is 5.96. The zero-order valence-electron chi connectivity index (χ0n) is 20.3. The molecule has 0 bridgehead atoms. The summed E-state index contributed by atoms with van der Waals surface area (Å²) in [5.74, 6) is 0.986. The summed E-state index contributed by atoms with van der Waals surface area (Å²) in [4.78, 5) is 31.9. The Morgan fingerprint density at radius 3 is 2.65 bits per heavy atom. The second kappa shape index (κ2) is 11.8. The molecule has 1 unspecified atom stereocenters. The van der Waals surface area contributed by atoms with Crippen molar-refractivity contribution < 1.29 is 19.1 Å². The second-order valence-corrected chi connectivity index (χ2v) is 10.4. The van der Waals surface area contributed by atoms with Gasteiger partial charge in [0.15, 0.2) is 0 Å². The van der Waals surface area contributed by atoms with E-state index in [2.05, 4.69) is 11.4 Å². The average Bonchev–Trinajstić information content (AvgIpc) is 3.55. The maximum atomic E-state index is 13.6. The molecular formula is C27H36N2O4S. The Kier molecular flexibility index (Phi) is 8.62.